The van der Waals surface area contributed by atoms with Crippen LogP contribution in [-0.4, -0.2) is 59.6 Å². The molecule has 4 N–H and O–H groups in total. The minimum absolute atomic E-state index is 0.187. The van der Waals surface area contributed by atoms with E-state index in [-0.39, 0.29) is 5.95 Å². The third-order valence-corrected chi connectivity index (χ3v) is 4.11. The second kappa shape index (κ2) is 7.75. The Morgan fingerprint density at radius 1 is 1.24 bits per heavy atom. The molecular formula is C16H22N7O2+. The van der Waals surface area contributed by atoms with E-state index in [9.17, 15) is 4.79 Å². The number of amides is 1. The molecule has 0 radical (unpaired) electrons. The number of carbonyl (C=O) groups excluding carboxylic acids is 1. The average molecular weight is 344 g/mol. The van der Waals surface area contributed by atoms with Gasteiger partial charge in [-0.1, -0.05) is 0 Å². The van der Waals surface area contributed by atoms with Crippen LogP contribution in [0.5, 0.6) is 5.75 Å². The number of hydrogen-bond acceptors (Lipinski definition) is 7. The fraction of sp³-hybridized carbons (Fsp3) is 0.375. The standard InChI is InChI=1S/C16H21N7O2/c1-25-13-4-2-12(3-5-13)18-16-20-14(19-15(17)21-16)10-22-6-8-23(11-24)9-7-22/h2-5,11H,6-10H2,1H3,(H3,17,18,19,20,21)/p+1. The predicted octanol–water partition coefficient (Wildman–Crippen LogP) is -0.937. The molecular weight excluding hydrogens is 322 g/mol. The Kier molecular flexibility index (Phi) is 5.24. The first-order valence-corrected chi connectivity index (χ1v) is 8.10. The van der Waals surface area contributed by atoms with E-state index in [4.69, 9.17) is 10.5 Å². The van der Waals surface area contributed by atoms with E-state index in [1.807, 2.05) is 24.3 Å². The predicted molar refractivity (Wildman–Crippen MR) is 92.6 cm³/mol. The molecule has 9 nitrogen and oxygen atoms in total. The maximum absolute atomic E-state index is 10.8. The highest BCUT2D eigenvalue weighted by atomic mass is 16.5. The molecule has 1 aromatic heterocycles. The molecule has 0 unspecified atom stereocenters. The van der Waals surface area contributed by atoms with Crippen molar-refractivity contribution in [1.29, 1.82) is 0 Å². The van der Waals surface area contributed by atoms with Crippen LogP contribution in [0.15, 0.2) is 24.3 Å². The summed E-state index contributed by atoms with van der Waals surface area (Å²) in [6.45, 7) is 3.88. The molecule has 3 rings (SSSR count). The summed E-state index contributed by atoms with van der Waals surface area (Å²) in [7, 11) is 1.62. The van der Waals surface area contributed by atoms with Gasteiger partial charge in [0.2, 0.25) is 18.3 Å². The number of anilines is 3. The SMILES string of the molecule is COc1ccc(Nc2nc(N)nc(C[NH+]3CCN(C=O)CC3)n2)cc1. The van der Waals surface area contributed by atoms with Gasteiger partial charge >= 0.3 is 0 Å². The molecule has 0 bridgehead atoms. The van der Waals surface area contributed by atoms with Crippen molar-refractivity contribution in [2.45, 2.75) is 6.54 Å². The number of rotatable bonds is 6. The molecule has 1 saturated heterocycles. The van der Waals surface area contributed by atoms with Gasteiger partial charge < -0.3 is 25.6 Å². The first-order chi connectivity index (χ1) is 12.2. The van der Waals surface area contributed by atoms with Crippen molar-refractivity contribution in [1.82, 2.24) is 19.9 Å². The average Bonchev–Trinajstić information content (AvgIpc) is 2.62. The van der Waals surface area contributed by atoms with Crippen molar-refractivity contribution < 1.29 is 14.4 Å². The minimum Gasteiger partial charge on any atom is -0.497 e. The highest BCUT2D eigenvalue weighted by molar-refractivity contribution is 5.55. The first-order valence-electron chi connectivity index (χ1n) is 8.10. The Morgan fingerprint density at radius 3 is 2.60 bits per heavy atom. The van der Waals surface area contributed by atoms with Gasteiger partial charge in [0, 0.05) is 5.69 Å². The molecule has 1 fully saturated rings. The van der Waals surface area contributed by atoms with Gasteiger partial charge in [0.25, 0.3) is 0 Å². The lowest BCUT2D eigenvalue weighted by atomic mass is 10.3. The van der Waals surface area contributed by atoms with Crippen molar-refractivity contribution in [3.05, 3.63) is 30.1 Å². The molecule has 1 aliphatic heterocycles. The highest BCUT2D eigenvalue weighted by Crippen LogP contribution is 2.18. The zero-order chi connectivity index (χ0) is 17.6. The molecule has 9 heteroatoms. The van der Waals surface area contributed by atoms with Gasteiger partial charge in [-0.3, -0.25) is 4.79 Å². The van der Waals surface area contributed by atoms with Crippen LogP contribution >= 0.6 is 0 Å². The summed E-state index contributed by atoms with van der Waals surface area (Å²) in [4.78, 5) is 26.7. The van der Waals surface area contributed by atoms with E-state index in [0.29, 0.717) is 18.3 Å². The van der Waals surface area contributed by atoms with Gasteiger partial charge in [0.05, 0.1) is 33.3 Å². The van der Waals surface area contributed by atoms with Crippen LogP contribution in [0.3, 0.4) is 0 Å². The fourth-order valence-corrected chi connectivity index (χ4v) is 2.72. The number of benzene rings is 1. The van der Waals surface area contributed by atoms with Crippen molar-refractivity contribution >= 4 is 24.0 Å². The molecule has 1 aromatic carbocycles. The monoisotopic (exact) mass is 344 g/mol. The summed E-state index contributed by atoms with van der Waals surface area (Å²) in [5, 5.41) is 3.13. The highest BCUT2D eigenvalue weighted by Gasteiger charge is 2.20. The van der Waals surface area contributed by atoms with E-state index in [1.54, 1.807) is 12.0 Å². The Balaban J connectivity index is 1.66. The van der Waals surface area contributed by atoms with Crippen LogP contribution in [0.2, 0.25) is 0 Å². The van der Waals surface area contributed by atoms with Gasteiger partial charge in [-0.15, -0.1) is 0 Å². The molecule has 1 amide bonds. The second-order valence-electron chi connectivity index (χ2n) is 5.86. The van der Waals surface area contributed by atoms with Gasteiger partial charge in [-0.05, 0) is 24.3 Å². The third-order valence-electron chi connectivity index (χ3n) is 4.11. The number of hydrogen-bond donors (Lipinski definition) is 3. The number of aromatic nitrogens is 3. The van der Waals surface area contributed by atoms with Crippen LogP contribution < -0.4 is 20.7 Å². The molecule has 2 aromatic rings. The number of methoxy groups -OCH3 is 1. The van der Waals surface area contributed by atoms with Crippen LogP contribution in [0, 0.1) is 0 Å². The Labute approximate surface area is 145 Å². The molecule has 0 aliphatic carbocycles. The number of nitrogens with two attached hydrogens (primary N) is 1. The largest absolute Gasteiger partial charge is 0.497 e. The van der Waals surface area contributed by atoms with Crippen LogP contribution in [0.1, 0.15) is 5.82 Å². The van der Waals surface area contributed by atoms with E-state index in [0.717, 1.165) is 44.0 Å². The third kappa shape index (κ3) is 4.54. The molecule has 0 spiro atoms. The summed E-state index contributed by atoms with van der Waals surface area (Å²) in [6, 6.07) is 7.46. The van der Waals surface area contributed by atoms with Gasteiger partial charge in [0.1, 0.15) is 12.3 Å². The zero-order valence-corrected chi connectivity index (χ0v) is 14.1. The van der Waals surface area contributed by atoms with Gasteiger partial charge in [0.15, 0.2) is 5.82 Å². The molecule has 132 valence electrons. The number of nitrogens with one attached hydrogen (secondary N) is 2. The smallest absolute Gasteiger partial charge is 0.232 e. The quantitative estimate of drug-likeness (QED) is 0.580. The van der Waals surface area contributed by atoms with Gasteiger partial charge in [-0.2, -0.15) is 15.0 Å². The number of nitrogens with zero attached hydrogens (tertiary/aromatic N) is 4. The lowest BCUT2D eigenvalue weighted by Gasteiger charge is -2.29. The first kappa shape index (κ1) is 16.9. The number of ether oxygens (including phenoxy) is 1. The maximum Gasteiger partial charge on any atom is 0.232 e. The second-order valence-corrected chi connectivity index (χ2v) is 5.86. The zero-order valence-electron chi connectivity index (χ0n) is 14.1. The van der Waals surface area contributed by atoms with Crippen molar-refractivity contribution in [3.63, 3.8) is 0 Å². The topological polar surface area (TPSA) is 111 Å². The summed E-state index contributed by atoms with van der Waals surface area (Å²) in [5.41, 5.74) is 6.66. The molecule has 25 heavy (non-hydrogen) atoms. The molecule has 0 atom stereocenters. The normalized spacial score (nSPS) is 15.0. The van der Waals surface area contributed by atoms with E-state index < -0.39 is 0 Å². The van der Waals surface area contributed by atoms with E-state index >= 15 is 0 Å². The Bertz CT molecular complexity index is 715. The number of nitrogen functional groups attached to an aromatic ring is 1. The van der Waals surface area contributed by atoms with Crippen molar-refractivity contribution in [3.8, 4) is 5.75 Å². The minimum atomic E-state index is 0.187. The number of carbonyl (C=O) groups is 1. The molecule has 2 heterocycles. The van der Waals surface area contributed by atoms with Gasteiger partial charge in [-0.25, -0.2) is 0 Å². The Hall–Kier alpha value is -2.94. The summed E-state index contributed by atoms with van der Waals surface area (Å²) in [5.74, 6) is 2.02. The lowest BCUT2D eigenvalue weighted by molar-refractivity contribution is -0.918. The van der Waals surface area contributed by atoms with Crippen molar-refractivity contribution in [2.24, 2.45) is 0 Å². The summed E-state index contributed by atoms with van der Waals surface area (Å²) < 4.78 is 5.14. The number of piperazine rings is 1. The number of quaternary nitrogens is 1. The fourth-order valence-electron chi connectivity index (χ4n) is 2.72. The maximum atomic E-state index is 10.8. The van der Waals surface area contributed by atoms with Crippen molar-refractivity contribution in [2.75, 3.05) is 44.3 Å². The van der Waals surface area contributed by atoms with Crippen LogP contribution in [0.4, 0.5) is 17.6 Å². The van der Waals surface area contributed by atoms with E-state index in [1.165, 1.54) is 4.90 Å². The summed E-state index contributed by atoms with van der Waals surface area (Å²) in [6.07, 6.45) is 0.897. The Morgan fingerprint density at radius 2 is 1.96 bits per heavy atom. The van der Waals surface area contributed by atoms with Crippen LogP contribution in [0.25, 0.3) is 0 Å². The van der Waals surface area contributed by atoms with Crippen LogP contribution in [-0.2, 0) is 11.3 Å². The lowest BCUT2D eigenvalue weighted by Crippen LogP contribution is -3.13. The molecule has 1 aliphatic rings. The summed E-state index contributed by atoms with van der Waals surface area (Å²) >= 11 is 0. The molecule has 0 saturated carbocycles. The van der Waals surface area contributed by atoms with E-state index in [2.05, 4.69) is 20.3 Å².